The normalized spacial score (nSPS) is 23.7. The maximum Gasteiger partial charge on any atom is 0.290 e. The number of rotatable bonds is 2. The Morgan fingerprint density at radius 2 is 1.85 bits per heavy atom. The van der Waals surface area contributed by atoms with Crippen LogP contribution >= 0.6 is 0 Å². The van der Waals surface area contributed by atoms with E-state index in [-0.39, 0.29) is 29.3 Å². The molecule has 7 heteroatoms. The molecule has 1 aromatic heterocycles. The maximum absolute atomic E-state index is 12.9. The fraction of sp³-hybridized carbons (Fsp3) is 0.526. The molecule has 3 N–H and O–H groups in total. The molecule has 2 amide bonds. The Bertz CT molecular complexity index is 835. The minimum Gasteiger partial charge on any atom is -0.334 e. The first-order valence-corrected chi connectivity index (χ1v) is 9.07. The smallest absolute Gasteiger partial charge is 0.290 e. The highest BCUT2D eigenvalue weighted by Crippen LogP contribution is 2.33. The summed E-state index contributed by atoms with van der Waals surface area (Å²) in [6, 6.07) is 7.16. The molecule has 2 aromatic rings. The van der Waals surface area contributed by atoms with E-state index in [4.69, 9.17) is 5.73 Å². The summed E-state index contributed by atoms with van der Waals surface area (Å²) >= 11 is 0. The van der Waals surface area contributed by atoms with Crippen LogP contribution in [0.25, 0.3) is 11.0 Å². The number of aromatic nitrogens is 2. The predicted molar refractivity (Wildman–Crippen MR) is 98.5 cm³/mol. The zero-order valence-corrected chi connectivity index (χ0v) is 15.4. The summed E-state index contributed by atoms with van der Waals surface area (Å²) in [6.45, 7) is 7.02. The molecule has 2 saturated heterocycles. The molecule has 0 aliphatic carbocycles. The third-order valence-corrected chi connectivity index (χ3v) is 5.58. The van der Waals surface area contributed by atoms with E-state index < -0.39 is 6.04 Å². The lowest BCUT2D eigenvalue weighted by atomic mass is 9.86. The van der Waals surface area contributed by atoms with Crippen LogP contribution in [-0.4, -0.2) is 62.8 Å². The quantitative estimate of drug-likeness (QED) is 0.850. The van der Waals surface area contributed by atoms with Gasteiger partial charge >= 0.3 is 0 Å². The van der Waals surface area contributed by atoms with Crippen LogP contribution in [0.4, 0.5) is 0 Å². The lowest BCUT2D eigenvalue weighted by molar-refractivity contribution is -0.137. The van der Waals surface area contributed by atoms with Crippen molar-refractivity contribution >= 4 is 22.8 Å². The van der Waals surface area contributed by atoms with Crippen molar-refractivity contribution in [1.29, 1.82) is 0 Å². The minimum absolute atomic E-state index is 0.0131. The number of para-hydroxylation sites is 2. The lowest BCUT2D eigenvalue weighted by Gasteiger charge is -2.37. The Hall–Kier alpha value is -2.41. The van der Waals surface area contributed by atoms with E-state index >= 15 is 0 Å². The number of nitrogens with one attached hydrogen (secondary N) is 1. The second kappa shape index (κ2) is 5.81. The molecule has 3 unspecified atom stereocenters. The molecule has 2 fully saturated rings. The molecule has 2 aliphatic heterocycles. The van der Waals surface area contributed by atoms with Crippen molar-refractivity contribution in [2.75, 3.05) is 13.1 Å². The number of hydrogen-bond donors (Lipinski definition) is 2. The molecular weight excluding hydrogens is 330 g/mol. The zero-order valence-electron chi connectivity index (χ0n) is 15.4. The molecule has 0 saturated carbocycles. The highest BCUT2D eigenvalue weighted by Gasteiger charge is 2.49. The van der Waals surface area contributed by atoms with Crippen molar-refractivity contribution < 1.29 is 9.59 Å². The van der Waals surface area contributed by atoms with E-state index in [9.17, 15) is 9.59 Å². The predicted octanol–water partition coefficient (Wildman–Crippen LogP) is 1.36. The Morgan fingerprint density at radius 1 is 1.19 bits per heavy atom. The largest absolute Gasteiger partial charge is 0.334 e. The zero-order chi connectivity index (χ0) is 18.6. The van der Waals surface area contributed by atoms with Crippen LogP contribution in [0.1, 0.15) is 37.8 Å². The van der Waals surface area contributed by atoms with Crippen LogP contribution in [0.15, 0.2) is 24.3 Å². The second-order valence-corrected chi connectivity index (χ2v) is 8.44. The maximum atomic E-state index is 12.9. The topological polar surface area (TPSA) is 95.3 Å². The van der Waals surface area contributed by atoms with Crippen molar-refractivity contribution in [2.24, 2.45) is 11.1 Å². The van der Waals surface area contributed by atoms with Gasteiger partial charge in [0.05, 0.1) is 29.2 Å². The molecule has 2 bridgehead atoms. The van der Waals surface area contributed by atoms with E-state index in [0.717, 1.165) is 17.5 Å². The molecule has 0 radical (unpaired) electrons. The summed E-state index contributed by atoms with van der Waals surface area (Å²) in [6.07, 6.45) is 0.814. The van der Waals surface area contributed by atoms with Crippen molar-refractivity contribution in [3.05, 3.63) is 30.1 Å². The van der Waals surface area contributed by atoms with E-state index in [2.05, 4.69) is 9.97 Å². The number of nitrogens with zero attached hydrogens (tertiary/aromatic N) is 3. The van der Waals surface area contributed by atoms with Gasteiger partial charge in [-0.1, -0.05) is 32.9 Å². The summed E-state index contributed by atoms with van der Waals surface area (Å²) in [7, 11) is 0. The van der Waals surface area contributed by atoms with E-state index in [1.54, 1.807) is 0 Å². The van der Waals surface area contributed by atoms with Gasteiger partial charge < -0.3 is 20.5 Å². The van der Waals surface area contributed by atoms with Crippen LogP contribution in [0.5, 0.6) is 0 Å². The Labute approximate surface area is 152 Å². The van der Waals surface area contributed by atoms with Crippen molar-refractivity contribution in [1.82, 2.24) is 19.8 Å². The first-order valence-electron chi connectivity index (χ1n) is 9.07. The molecule has 138 valence electrons. The molecule has 2 aliphatic rings. The second-order valence-electron chi connectivity index (χ2n) is 8.44. The third-order valence-electron chi connectivity index (χ3n) is 5.58. The molecule has 1 aromatic carbocycles. The Kier molecular flexibility index (Phi) is 3.80. The molecule has 26 heavy (non-hydrogen) atoms. The summed E-state index contributed by atoms with van der Waals surface area (Å²) in [4.78, 5) is 36.8. The number of carbonyl (C=O) groups is 2. The van der Waals surface area contributed by atoms with E-state index in [1.165, 1.54) is 0 Å². The van der Waals surface area contributed by atoms with E-state index in [1.807, 2.05) is 54.8 Å². The van der Waals surface area contributed by atoms with Crippen LogP contribution in [0, 0.1) is 5.41 Å². The van der Waals surface area contributed by atoms with E-state index in [0.29, 0.717) is 18.9 Å². The first kappa shape index (κ1) is 17.0. The van der Waals surface area contributed by atoms with Crippen LogP contribution in [-0.2, 0) is 4.79 Å². The number of carbonyl (C=O) groups excluding carboxylic acids is 2. The molecule has 7 nitrogen and oxygen atoms in total. The summed E-state index contributed by atoms with van der Waals surface area (Å²) in [5.74, 6) is 0.254. The number of H-pyrrole nitrogens is 1. The van der Waals surface area contributed by atoms with Gasteiger partial charge in [-0.2, -0.15) is 0 Å². The van der Waals surface area contributed by atoms with Crippen molar-refractivity contribution in [2.45, 2.75) is 45.3 Å². The van der Waals surface area contributed by atoms with Gasteiger partial charge in [0.25, 0.3) is 5.91 Å². The number of imidazole rings is 1. The van der Waals surface area contributed by atoms with Gasteiger partial charge in [0, 0.05) is 13.1 Å². The first-order chi connectivity index (χ1) is 12.3. The van der Waals surface area contributed by atoms with Gasteiger partial charge in [-0.25, -0.2) is 4.98 Å². The van der Waals surface area contributed by atoms with Gasteiger partial charge in [-0.15, -0.1) is 0 Å². The summed E-state index contributed by atoms with van der Waals surface area (Å²) < 4.78 is 0. The fourth-order valence-electron chi connectivity index (χ4n) is 3.92. The number of piperazine rings is 1. The van der Waals surface area contributed by atoms with Gasteiger partial charge in [-0.3, -0.25) is 9.59 Å². The lowest BCUT2D eigenvalue weighted by Crippen LogP contribution is -2.57. The van der Waals surface area contributed by atoms with Gasteiger partial charge in [-0.05, 0) is 24.0 Å². The Morgan fingerprint density at radius 3 is 2.46 bits per heavy atom. The fourth-order valence-corrected chi connectivity index (χ4v) is 3.92. The van der Waals surface area contributed by atoms with Gasteiger partial charge in [0.1, 0.15) is 0 Å². The number of amides is 2. The SMILES string of the molecule is CC(C)(C)C(N)C(=O)N1CC2CC1CN2C(=O)c1nc2ccccc2[nH]1. The molecule has 0 spiro atoms. The van der Waals surface area contributed by atoms with Crippen LogP contribution in [0.3, 0.4) is 0 Å². The molecule has 3 heterocycles. The van der Waals surface area contributed by atoms with Crippen molar-refractivity contribution in [3.8, 4) is 0 Å². The highest BCUT2D eigenvalue weighted by atomic mass is 16.2. The minimum atomic E-state index is -0.527. The molecule has 3 atom stereocenters. The summed E-state index contributed by atoms with van der Waals surface area (Å²) in [5.41, 5.74) is 7.51. The third kappa shape index (κ3) is 2.67. The monoisotopic (exact) mass is 355 g/mol. The number of aromatic amines is 1. The van der Waals surface area contributed by atoms with Crippen LogP contribution in [0.2, 0.25) is 0 Å². The standard InChI is InChI=1S/C19H25N5O2/c1-19(2,3)15(20)17(25)23-9-12-8-11(23)10-24(12)18(26)16-21-13-6-4-5-7-14(13)22-16/h4-7,11-12,15H,8-10,20H2,1-3H3,(H,21,22). The van der Waals surface area contributed by atoms with Crippen molar-refractivity contribution in [3.63, 3.8) is 0 Å². The average Bonchev–Trinajstić information content (AvgIpc) is 3.31. The average molecular weight is 355 g/mol. The number of benzene rings is 1. The molecule has 4 rings (SSSR count). The number of likely N-dealkylation sites (tertiary alicyclic amines) is 2. The van der Waals surface area contributed by atoms with Gasteiger partial charge in [0.15, 0.2) is 5.82 Å². The Balaban J connectivity index is 1.48. The molecular formula is C19H25N5O2. The number of nitrogens with two attached hydrogens (primary N) is 1. The summed E-state index contributed by atoms with van der Waals surface area (Å²) in [5, 5.41) is 0. The number of hydrogen-bond acceptors (Lipinski definition) is 4. The highest BCUT2D eigenvalue weighted by molar-refractivity contribution is 5.95. The van der Waals surface area contributed by atoms with Gasteiger partial charge in [0.2, 0.25) is 5.91 Å². The van der Waals surface area contributed by atoms with Crippen LogP contribution < -0.4 is 5.73 Å². The number of fused-ring (bicyclic) bond motifs is 3.